The molecule has 30 heavy (non-hydrogen) atoms. The number of aliphatic hydroxyl groups is 1. The number of carbonyl (C=O) groups is 1. The number of nitrogens with one attached hydrogen (secondary N) is 1. The minimum absolute atomic E-state index is 0.0832. The van der Waals surface area contributed by atoms with Gasteiger partial charge in [-0.1, -0.05) is 13.0 Å². The smallest absolute Gasteiger partial charge is 0.275 e. The molecule has 3 aromatic rings. The van der Waals surface area contributed by atoms with E-state index in [0.29, 0.717) is 12.1 Å². The van der Waals surface area contributed by atoms with E-state index < -0.39 is 17.5 Å². The topological polar surface area (TPSA) is 75.1 Å². The molecular weight excluding hydrogens is 408 g/mol. The number of rotatable bonds is 4. The Morgan fingerprint density at radius 2 is 2.00 bits per heavy atom. The first-order chi connectivity index (χ1) is 14.4. The minimum atomic E-state index is -0.723. The van der Waals surface area contributed by atoms with Crippen LogP contribution in [0.4, 0.5) is 14.5 Å². The fourth-order valence-electron chi connectivity index (χ4n) is 3.91. The monoisotopic (exact) mass is 429 g/mol. The SMILES string of the molecule is C[C@H]1C[C@@H](c2ccncc2NC(=O)c2csc(-c3c(F)cccc3F)n2)CC[C@H]1O. The maximum Gasteiger partial charge on any atom is 0.275 e. The summed E-state index contributed by atoms with van der Waals surface area (Å²) < 4.78 is 28.0. The molecule has 4 rings (SSSR count). The van der Waals surface area contributed by atoms with Gasteiger partial charge in [-0.2, -0.15) is 0 Å². The van der Waals surface area contributed by atoms with Crippen molar-refractivity contribution in [2.75, 3.05) is 5.32 Å². The lowest BCUT2D eigenvalue weighted by atomic mass is 9.77. The Labute approximate surface area is 176 Å². The lowest BCUT2D eigenvalue weighted by Crippen LogP contribution is -2.26. The maximum absolute atomic E-state index is 14.0. The highest BCUT2D eigenvalue weighted by atomic mass is 32.1. The van der Waals surface area contributed by atoms with Gasteiger partial charge in [0.25, 0.3) is 5.91 Å². The van der Waals surface area contributed by atoms with Crippen LogP contribution in [0.5, 0.6) is 0 Å². The molecule has 1 aromatic carbocycles. The maximum atomic E-state index is 14.0. The highest BCUT2D eigenvalue weighted by molar-refractivity contribution is 7.13. The summed E-state index contributed by atoms with van der Waals surface area (Å²) in [6.07, 6.45) is 5.33. The fraction of sp³-hybridized carbons (Fsp3) is 0.318. The molecule has 0 saturated heterocycles. The second-order valence-corrected chi connectivity index (χ2v) is 8.46. The molecule has 2 aromatic heterocycles. The van der Waals surface area contributed by atoms with Gasteiger partial charge < -0.3 is 10.4 Å². The molecule has 1 saturated carbocycles. The van der Waals surface area contributed by atoms with Gasteiger partial charge in [0.15, 0.2) is 0 Å². The molecule has 3 atom stereocenters. The van der Waals surface area contributed by atoms with Crippen LogP contribution in [0.3, 0.4) is 0 Å². The van der Waals surface area contributed by atoms with Crippen LogP contribution in [-0.4, -0.2) is 27.1 Å². The Kier molecular flexibility index (Phi) is 5.87. The number of aromatic nitrogens is 2. The lowest BCUT2D eigenvalue weighted by molar-refractivity contribution is 0.0712. The lowest BCUT2D eigenvalue weighted by Gasteiger charge is -2.32. The number of benzene rings is 1. The van der Waals surface area contributed by atoms with Gasteiger partial charge in [-0.15, -0.1) is 11.3 Å². The second-order valence-electron chi connectivity index (χ2n) is 7.61. The van der Waals surface area contributed by atoms with Gasteiger partial charge in [-0.05, 0) is 54.9 Å². The molecule has 156 valence electrons. The average Bonchev–Trinajstić information content (AvgIpc) is 3.20. The van der Waals surface area contributed by atoms with Crippen LogP contribution in [0.25, 0.3) is 10.6 Å². The van der Waals surface area contributed by atoms with Crippen LogP contribution < -0.4 is 5.32 Å². The third-order valence-electron chi connectivity index (χ3n) is 5.58. The zero-order valence-electron chi connectivity index (χ0n) is 16.3. The summed E-state index contributed by atoms with van der Waals surface area (Å²) in [6, 6.07) is 5.48. The molecule has 0 bridgehead atoms. The van der Waals surface area contributed by atoms with Crippen LogP contribution >= 0.6 is 11.3 Å². The number of anilines is 1. The van der Waals surface area contributed by atoms with Crippen LogP contribution in [0.2, 0.25) is 0 Å². The van der Waals surface area contributed by atoms with E-state index in [1.165, 1.54) is 11.4 Å². The summed E-state index contributed by atoms with van der Waals surface area (Å²) in [4.78, 5) is 21.0. The van der Waals surface area contributed by atoms with Gasteiger partial charge >= 0.3 is 0 Å². The third kappa shape index (κ3) is 4.11. The first-order valence-corrected chi connectivity index (χ1v) is 10.6. The first kappa shape index (κ1) is 20.6. The van der Waals surface area contributed by atoms with Crippen molar-refractivity contribution in [3.8, 4) is 10.6 Å². The highest BCUT2D eigenvalue weighted by Gasteiger charge is 2.28. The average molecular weight is 429 g/mol. The number of amides is 1. The van der Waals surface area contributed by atoms with Gasteiger partial charge in [0, 0.05) is 11.6 Å². The zero-order chi connectivity index (χ0) is 21.3. The van der Waals surface area contributed by atoms with Crippen LogP contribution in [-0.2, 0) is 0 Å². The predicted octanol–water partition coefficient (Wildman–Crippen LogP) is 5.00. The number of carbonyl (C=O) groups excluding carboxylic acids is 1. The number of hydrogen-bond acceptors (Lipinski definition) is 5. The molecule has 1 amide bonds. The van der Waals surface area contributed by atoms with Gasteiger partial charge in [-0.3, -0.25) is 9.78 Å². The van der Waals surface area contributed by atoms with Crippen molar-refractivity contribution in [2.45, 2.75) is 38.2 Å². The molecule has 1 aliphatic carbocycles. The van der Waals surface area contributed by atoms with Gasteiger partial charge in [0.2, 0.25) is 0 Å². The van der Waals surface area contributed by atoms with E-state index in [4.69, 9.17) is 0 Å². The Hall–Kier alpha value is -2.71. The Balaban J connectivity index is 1.55. The summed E-state index contributed by atoms with van der Waals surface area (Å²) in [7, 11) is 0. The van der Waals surface area contributed by atoms with Crippen molar-refractivity contribution in [1.82, 2.24) is 9.97 Å². The summed E-state index contributed by atoms with van der Waals surface area (Å²) >= 11 is 1.01. The number of halogens is 2. The van der Waals surface area contributed by atoms with E-state index in [0.717, 1.165) is 41.9 Å². The number of pyridine rings is 1. The fourth-order valence-corrected chi connectivity index (χ4v) is 4.76. The van der Waals surface area contributed by atoms with E-state index in [1.54, 1.807) is 12.4 Å². The van der Waals surface area contributed by atoms with Crippen LogP contribution in [0.15, 0.2) is 42.0 Å². The molecule has 1 fully saturated rings. The molecule has 0 unspecified atom stereocenters. The van der Waals surface area contributed by atoms with Gasteiger partial charge in [-0.25, -0.2) is 13.8 Å². The van der Waals surface area contributed by atoms with Crippen LogP contribution in [0.1, 0.15) is 48.2 Å². The molecule has 0 spiro atoms. The quantitative estimate of drug-likeness (QED) is 0.612. The largest absolute Gasteiger partial charge is 0.393 e. The minimum Gasteiger partial charge on any atom is -0.393 e. The summed E-state index contributed by atoms with van der Waals surface area (Å²) in [6.45, 7) is 2.02. The van der Waals surface area contributed by atoms with E-state index in [1.807, 2.05) is 13.0 Å². The van der Waals surface area contributed by atoms with E-state index in [2.05, 4.69) is 15.3 Å². The number of nitrogens with zero attached hydrogens (tertiary/aromatic N) is 2. The van der Waals surface area contributed by atoms with Crippen molar-refractivity contribution in [3.63, 3.8) is 0 Å². The molecule has 0 aliphatic heterocycles. The summed E-state index contributed by atoms with van der Waals surface area (Å²) in [5.41, 5.74) is 1.40. The second kappa shape index (κ2) is 8.57. The molecular formula is C22H21F2N3O2S. The van der Waals surface area contributed by atoms with Crippen molar-refractivity contribution in [3.05, 3.63) is 64.9 Å². The van der Waals surface area contributed by atoms with Crippen molar-refractivity contribution in [1.29, 1.82) is 0 Å². The van der Waals surface area contributed by atoms with E-state index >= 15 is 0 Å². The van der Waals surface area contributed by atoms with Gasteiger partial charge in [0.1, 0.15) is 22.3 Å². The molecule has 2 N–H and O–H groups in total. The molecule has 1 aliphatic rings. The Morgan fingerprint density at radius 3 is 2.73 bits per heavy atom. The highest BCUT2D eigenvalue weighted by Crippen LogP contribution is 2.39. The Morgan fingerprint density at radius 1 is 1.23 bits per heavy atom. The molecule has 8 heteroatoms. The molecule has 5 nitrogen and oxygen atoms in total. The van der Waals surface area contributed by atoms with Crippen molar-refractivity contribution < 1.29 is 18.7 Å². The number of aliphatic hydroxyl groups excluding tert-OH is 1. The number of thiazole rings is 1. The van der Waals surface area contributed by atoms with Gasteiger partial charge in [0.05, 0.1) is 23.6 Å². The Bertz CT molecular complexity index is 1050. The van der Waals surface area contributed by atoms with E-state index in [-0.39, 0.29) is 34.2 Å². The predicted molar refractivity (Wildman–Crippen MR) is 111 cm³/mol. The van der Waals surface area contributed by atoms with E-state index in [9.17, 15) is 18.7 Å². The summed E-state index contributed by atoms with van der Waals surface area (Å²) in [5.74, 6) is -1.52. The van der Waals surface area contributed by atoms with Crippen molar-refractivity contribution in [2.24, 2.45) is 5.92 Å². The first-order valence-electron chi connectivity index (χ1n) is 9.77. The molecule has 2 heterocycles. The molecule has 0 radical (unpaired) electrons. The van der Waals surface area contributed by atoms with Crippen LogP contribution in [0, 0.1) is 17.6 Å². The number of hydrogen-bond donors (Lipinski definition) is 2. The normalized spacial score (nSPS) is 21.4. The zero-order valence-corrected chi connectivity index (χ0v) is 17.1. The van der Waals surface area contributed by atoms with Crippen molar-refractivity contribution >= 4 is 22.9 Å². The summed E-state index contributed by atoms with van der Waals surface area (Å²) in [5, 5.41) is 14.4. The standard InChI is InChI=1S/C22H21F2N3O2S/c1-12-9-13(5-6-19(12)28)14-7-8-25-10-17(14)26-21(29)18-11-30-22(27-18)20-15(23)3-2-4-16(20)24/h2-4,7-8,10-13,19,28H,5-6,9H2,1H3,(H,26,29)/t12-,13-,19+/m0/s1. The third-order valence-corrected chi connectivity index (χ3v) is 6.44.